The van der Waals surface area contributed by atoms with Crippen LogP contribution >= 0.6 is 11.6 Å². The third-order valence-electron chi connectivity index (χ3n) is 3.08. The second kappa shape index (κ2) is 6.62. The Bertz CT molecular complexity index is 738. The Morgan fingerprint density at radius 2 is 2.09 bits per heavy atom. The summed E-state index contributed by atoms with van der Waals surface area (Å²) in [6.45, 7) is 3.32. The minimum atomic E-state index is -0.898. The number of nitrogens with one attached hydrogen (secondary N) is 2. The minimum Gasteiger partial charge on any atom is -0.464 e. The molecule has 22 heavy (non-hydrogen) atoms. The molecule has 0 spiro atoms. The summed E-state index contributed by atoms with van der Waals surface area (Å²) in [5, 5.41) is 3.33. The van der Waals surface area contributed by atoms with Gasteiger partial charge < -0.3 is 15.0 Å². The van der Waals surface area contributed by atoms with Gasteiger partial charge >= 0.3 is 5.97 Å². The highest BCUT2D eigenvalue weighted by molar-refractivity contribution is 6.45. The molecular formula is C15H15ClN2O4. The van der Waals surface area contributed by atoms with Crippen LogP contribution in [0.2, 0.25) is 5.02 Å². The van der Waals surface area contributed by atoms with E-state index in [1.54, 1.807) is 25.1 Å². The molecule has 2 rings (SSSR count). The van der Waals surface area contributed by atoms with Gasteiger partial charge in [-0.25, -0.2) is 4.79 Å². The Kier molecular flexibility index (Phi) is 4.82. The summed E-state index contributed by atoms with van der Waals surface area (Å²) in [5.41, 5.74) is 0.894. The number of rotatable bonds is 5. The van der Waals surface area contributed by atoms with Crippen LogP contribution < -0.4 is 5.32 Å². The van der Waals surface area contributed by atoms with Crippen molar-refractivity contribution in [3.63, 3.8) is 0 Å². The van der Waals surface area contributed by atoms with E-state index in [0.29, 0.717) is 15.9 Å². The summed E-state index contributed by atoms with van der Waals surface area (Å²) in [5.74, 6) is -2.21. The average Bonchev–Trinajstić information content (AvgIpc) is 2.89. The van der Waals surface area contributed by atoms with Gasteiger partial charge in [-0.1, -0.05) is 11.6 Å². The largest absolute Gasteiger partial charge is 0.464 e. The van der Waals surface area contributed by atoms with E-state index >= 15 is 0 Å². The number of ether oxygens (including phenoxy) is 1. The Hall–Kier alpha value is -2.34. The molecule has 0 saturated heterocycles. The number of aromatic amines is 1. The average molecular weight is 323 g/mol. The molecule has 7 heteroatoms. The van der Waals surface area contributed by atoms with Gasteiger partial charge in [-0.05, 0) is 32.0 Å². The van der Waals surface area contributed by atoms with Crippen molar-refractivity contribution in [2.24, 2.45) is 0 Å². The molecule has 0 aliphatic rings. The second-order valence-electron chi connectivity index (χ2n) is 4.67. The first-order valence-corrected chi connectivity index (χ1v) is 7.10. The summed E-state index contributed by atoms with van der Waals surface area (Å²) in [6.07, 6.45) is 1.44. The zero-order valence-electron chi connectivity index (χ0n) is 12.1. The van der Waals surface area contributed by atoms with E-state index in [0.717, 1.165) is 0 Å². The van der Waals surface area contributed by atoms with Gasteiger partial charge in [0, 0.05) is 22.1 Å². The molecule has 0 radical (unpaired) electrons. The van der Waals surface area contributed by atoms with Crippen LogP contribution in [0.3, 0.4) is 0 Å². The Morgan fingerprint density at radius 3 is 2.77 bits per heavy atom. The van der Waals surface area contributed by atoms with Crippen LogP contribution in [0.4, 0.5) is 0 Å². The van der Waals surface area contributed by atoms with E-state index in [4.69, 9.17) is 16.3 Å². The van der Waals surface area contributed by atoms with Crippen LogP contribution in [0.25, 0.3) is 10.9 Å². The first-order chi connectivity index (χ1) is 10.4. The van der Waals surface area contributed by atoms with Crippen molar-refractivity contribution in [2.45, 2.75) is 19.9 Å². The van der Waals surface area contributed by atoms with Gasteiger partial charge in [0.2, 0.25) is 0 Å². The monoisotopic (exact) mass is 322 g/mol. The molecule has 0 aliphatic carbocycles. The van der Waals surface area contributed by atoms with E-state index in [1.807, 2.05) is 0 Å². The molecule has 1 atom stereocenters. The zero-order valence-corrected chi connectivity index (χ0v) is 12.9. The number of esters is 1. The SMILES string of the molecule is CCOC(=O)[C@@H](C)NC(=O)C(=O)c1c[nH]c2ccc(Cl)cc12. The van der Waals surface area contributed by atoms with Crippen LogP contribution in [0.1, 0.15) is 24.2 Å². The molecule has 1 amide bonds. The summed E-state index contributed by atoms with van der Waals surface area (Å²) in [4.78, 5) is 38.6. The summed E-state index contributed by atoms with van der Waals surface area (Å²) in [7, 11) is 0. The number of H-pyrrole nitrogens is 1. The fourth-order valence-electron chi connectivity index (χ4n) is 1.99. The molecule has 1 aromatic heterocycles. The third kappa shape index (κ3) is 3.28. The van der Waals surface area contributed by atoms with Crippen LogP contribution in [0.15, 0.2) is 24.4 Å². The van der Waals surface area contributed by atoms with Crippen LogP contribution in [0.5, 0.6) is 0 Å². The predicted molar refractivity (Wildman–Crippen MR) is 81.9 cm³/mol. The lowest BCUT2D eigenvalue weighted by molar-refractivity contribution is -0.146. The number of Topliss-reactive ketones (excluding diaryl/α,β-unsaturated/α-hetero) is 1. The topological polar surface area (TPSA) is 88.3 Å². The van der Waals surface area contributed by atoms with E-state index in [-0.39, 0.29) is 12.2 Å². The lowest BCUT2D eigenvalue weighted by Crippen LogP contribution is -2.42. The number of ketones is 1. The predicted octanol–water partition coefficient (Wildman–Crippen LogP) is 2.07. The normalized spacial score (nSPS) is 12.0. The standard InChI is InChI=1S/C15H15ClN2O4/c1-3-22-15(21)8(2)18-14(20)13(19)11-7-17-12-5-4-9(16)6-10(11)12/h4-8,17H,3H2,1-2H3,(H,18,20)/t8-/m1/s1. The maximum absolute atomic E-state index is 12.2. The number of carbonyl (C=O) groups is 3. The minimum absolute atomic E-state index is 0.200. The van der Waals surface area contributed by atoms with Crippen molar-refractivity contribution in [1.29, 1.82) is 0 Å². The molecule has 2 N–H and O–H groups in total. The molecular weight excluding hydrogens is 308 g/mol. The Labute approximate surface area is 131 Å². The molecule has 2 aromatic rings. The van der Waals surface area contributed by atoms with Gasteiger partial charge in [-0.2, -0.15) is 0 Å². The lowest BCUT2D eigenvalue weighted by atomic mass is 10.1. The highest BCUT2D eigenvalue weighted by Crippen LogP contribution is 2.22. The van der Waals surface area contributed by atoms with Gasteiger partial charge in [0.15, 0.2) is 0 Å². The molecule has 116 valence electrons. The van der Waals surface area contributed by atoms with Crippen molar-refractivity contribution < 1.29 is 19.1 Å². The number of benzene rings is 1. The van der Waals surface area contributed by atoms with E-state index in [9.17, 15) is 14.4 Å². The van der Waals surface area contributed by atoms with Gasteiger partial charge in [0.1, 0.15) is 6.04 Å². The zero-order chi connectivity index (χ0) is 16.3. The maximum atomic E-state index is 12.2. The molecule has 1 heterocycles. The number of hydrogen-bond acceptors (Lipinski definition) is 4. The first kappa shape index (κ1) is 16.0. The van der Waals surface area contributed by atoms with Gasteiger partial charge in [-0.15, -0.1) is 0 Å². The highest BCUT2D eigenvalue weighted by atomic mass is 35.5. The summed E-state index contributed by atoms with van der Waals surface area (Å²) >= 11 is 5.91. The third-order valence-corrected chi connectivity index (χ3v) is 3.32. The quantitative estimate of drug-likeness (QED) is 0.501. The molecule has 0 saturated carbocycles. The Morgan fingerprint density at radius 1 is 1.36 bits per heavy atom. The van der Waals surface area contributed by atoms with Gasteiger partial charge in [-0.3, -0.25) is 9.59 Å². The molecule has 0 bridgehead atoms. The summed E-state index contributed by atoms with van der Waals surface area (Å²) in [6, 6.07) is 4.10. The maximum Gasteiger partial charge on any atom is 0.328 e. The summed E-state index contributed by atoms with van der Waals surface area (Å²) < 4.78 is 4.77. The number of amides is 1. The van der Waals surface area contributed by atoms with E-state index < -0.39 is 23.7 Å². The molecule has 0 fully saturated rings. The van der Waals surface area contributed by atoms with E-state index in [2.05, 4.69) is 10.3 Å². The van der Waals surface area contributed by atoms with Crippen molar-refractivity contribution in [3.05, 3.63) is 35.0 Å². The number of halogens is 1. The molecule has 6 nitrogen and oxygen atoms in total. The highest BCUT2D eigenvalue weighted by Gasteiger charge is 2.24. The van der Waals surface area contributed by atoms with Crippen molar-refractivity contribution >= 4 is 40.2 Å². The lowest BCUT2D eigenvalue weighted by Gasteiger charge is -2.11. The van der Waals surface area contributed by atoms with E-state index in [1.165, 1.54) is 13.1 Å². The van der Waals surface area contributed by atoms with Crippen LogP contribution in [-0.2, 0) is 14.3 Å². The number of aromatic nitrogens is 1. The van der Waals surface area contributed by atoms with Crippen LogP contribution in [-0.4, -0.2) is 35.3 Å². The fraction of sp³-hybridized carbons (Fsp3) is 0.267. The number of carbonyl (C=O) groups excluding carboxylic acids is 3. The Balaban J connectivity index is 2.18. The second-order valence-corrected chi connectivity index (χ2v) is 5.11. The molecule has 1 aromatic carbocycles. The van der Waals surface area contributed by atoms with Gasteiger partial charge in [0.25, 0.3) is 11.7 Å². The van der Waals surface area contributed by atoms with Crippen molar-refractivity contribution in [3.8, 4) is 0 Å². The molecule has 0 unspecified atom stereocenters. The van der Waals surface area contributed by atoms with Crippen molar-refractivity contribution in [2.75, 3.05) is 6.61 Å². The molecule has 0 aliphatic heterocycles. The smallest absolute Gasteiger partial charge is 0.328 e. The fourth-order valence-corrected chi connectivity index (χ4v) is 2.16. The number of fused-ring (bicyclic) bond motifs is 1. The first-order valence-electron chi connectivity index (χ1n) is 6.72. The number of hydrogen-bond donors (Lipinski definition) is 2. The van der Waals surface area contributed by atoms with Crippen LogP contribution in [0, 0.1) is 0 Å². The van der Waals surface area contributed by atoms with Gasteiger partial charge in [0.05, 0.1) is 12.2 Å². The van der Waals surface area contributed by atoms with Crippen molar-refractivity contribution in [1.82, 2.24) is 10.3 Å².